The monoisotopic (exact) mass is 338 g/mol. The van der Waals surface area contributed by atoms with Gasteiger partial charge in [-0.05, 0) is 0 Å². The lowest BCUT2D eigenvalue weighted by atomic mass is 9.80. The van der Waals surface area contributed by atoms with Gasteiger partial charge in [0.15, 0.2) is 17.6 Å². The molecule has 6 atom stereocenters. The molecule has 0 heterocycles. The van der Waals surface area contributed by atoms with E-state index in [-0.39, 0.29) is 0 Å². The van der Waals surface area contributed by atoms with Gasteiger partial charge in [-0.15, -0.1) is 0 Å². The molecule has 0 fully saturated rings. The Morgan fingerprint density at radius 1 is 1.13 bits per heavy atom. The van der Waals surface area contributed by atoms with E-state index >= 15 is 0 Å². The van der Waals surface area contributed by atoms with E-state index in [1.165, 1.54) is 0 Å². The van der Waals surface area contributed by atoms with E-state index in [1.807, 2.05) is 0 Å². The number of carbonyl (C=O) groups is 1. The second-order valence-electron chi connectivity index (χ2n) is 5.01. The van der Waals surface area contributed by atoms with Crippen molar-refractivity contribution in [3.63, 3.8) is 0 Å². The Kier molecular flexibility index (Phi) is 5.71. The maximum atomic E-state index is 12.1. The number of hydrogen-bond donors (Lipinski definition) is 10. The minimum absolute atomic E-state index is 0.331. The molecule has 0 aliphatic heterocycles. The highest BCUT2D eigenvalue weighted by Gasteiger charge is 2.55. The third-order valence-electron chi connectivity index (χ3n) is 3.48. The average Bonchev–Trinajstić information content (AvgIpc) is 2.54. The van der Waals surface area contributed by atoms with Crippen LogP contribution in [0.15, 0.2) is 23.4 Å². The number of carbonyl (C=O) groups excluding carboxylic acids is 1. The number of hydrogen-bond acceptors (Lipinski definition) is 11. The highest BCUT2D eigenvalue weighted by molar-refractivity contribution is 5.95. The first-order chi connectivity index (χ1) is 10.5. The summed E-state index contributed by atoms with van der Waals surface area (Å²) in [5, 5.41) is 94.3. The molecule has 0 bridgehead atoms. The van der Waals surface area contributed by atoms with Gasteiger partial charge in [0, 0.05) is 6.08 Å². The van der Waals surface area contributed by atoms with Crippen LogP contribution in [-0.4, -0.2) is 99.6 Å². The first-order valence-corrected chi connectivity index (χ1v) is 6.31. The Labute approximate surface area is 128 Å². The lowest BCUT2D eigenvalue weighted by Gasteiger charge is -2.36. The van der Waals surface area contributed by atoms with Crippen LogP contribution in [0.2, 0.25) is 0 Å². The minimum atomic E-state index is -3.32. The second-order valence-corrected chi connectivity index (χ2v) is 5.01. The number of allylic oxidation sites excluding steroid dienone is 1. The molecule has 10 N–H and O–H groups in total. The zero-order valence-electron chi connectivity index (χ0n) is 11.6. The van der Waals surface area contributed by atoms with Gasteiger partial charge in [-0.1, -0.05) is 0 Å². The van der Waals surface area contributed by atoms with E-state index in [4.69, 9.17) is 10.2 Å². The highest BCUT2D eigenvalue weighted by atomic mass is 16.4. The maximum Gasteiger partial charge on any atom is 0.216 e. The predicted octanol–water partition coefficient (Wildman–Crippen LogP) is -4.13. The summed E-state index contributed by atoms with van der Waals surface area (Å²) in [4.78, 5) is 12.1. The molecule has 1 aliphatic rings. The Balaban J connectivity index is 3.11. The van der Waals surface area contributed by atoms with E-state index in [9.17, 15) is 45.6 Å². The van der Waals surface area contributed by atoms with Crippen molar-refractivity contribution in [3.8, 4) is 0 Å². The smallest absolute Gasteiger partial charge is 0.216 e. The molecule has 0 amide bonds. The van der Waals surface area contributed by atoms with Crippen molar-refractivity contribution in [1.82, 2.24) is 0 Å². The fourth-order valence-electron chi connectivity index (χ4n) is 1.96. The van der Waals surface area contributed by atoms with Crippen LogP contribution in [-0.2, 0) is 4.79 Å². The number of Topliss-reactive ketones (excluding diaryl/α,β-unsaturated/α-hetero) is 1. The van der Waals surface area contributed by atoms with Gasteiger partial charge in [-0.2, -0.15) is 0 Å². The molecule has 0 aromatic rings. The van der Waals surface area contributed by atoms with E-state index < -0.39 is 65.8 Å². The summed E-state index contributed by atoms with van der Waals surface area (Å²) in [5.41, 5.74) is -3.32. The Hall–Kier alpha value is -1.73. The van der Waals surface area contributed by atoms with Gasteiger partial charge < -0.3 is 51.1 Å². The summed E-state index contributed by atoms with van der Waals surface area (Å²) in [6.45, 7) is -1.02. The number of ketones is 1. The van der Waals surface area contributed by atoms with Gasteiger partial charge in [0.25, 0.3) is 0 Å². The molecule has 11 heteroatoms. The maximum absolute atomic E-state index is 12.1. The molecule has 0 spiro atoms. The molecule has 0 aromatic carbocycles. The predicted molar refractivity (Wildman–Crippen MR) is 70.1 cm³/mol. The fraction of sp³-hybridized carbons (Fsp3) is 0.583. The molecule has 132 valence electrons. The molecule has 0 radical (unpaired) electrons. The third kappa shape index (κ3) is 3.16. The van der Waals surface area contributed by atoms with Crippen molar-refractivity contribution in [3.05, 3.63) is 23.4 Å². The third-order valence-corrected chi connectivity index (χ3v) is 3.48. The van der Waals surface area contributed by atoms with Gasteiger partial charge in [0.2, 0.25) is 11.4 Å². The molecular formula is C12H18O11. The molecule has 1 rings (SSSR count). The summed E-state index contributed by atoms with van der Waals surface area (Å²) in [5.74, 6) is -5.50. The van der Waals surface area contributed by atoms with Crippen molar-refractivity contribution in [2.24, 2.45) is 0 Å². The first-order valence-electron chi connectivity index (χ1n) is 6.31. The van der Waals surface area contributed by atoms with E-state index in [0.29, 0.717) is 6.08 Å². The van der Waals surface area contributed by atoms with Crippen molar-refractivity contribution < 1.29 is 55.9 Å². The van der Waals surface area contributed by atoms with Crippen LogP contribution in [0, 0.1) is 0 Å². The van der Waals surface area contributed by atoms with Gasteiger partial charge in [-0.25, -0.2) is 0 Å². The van der Waals surface area contributed by atoms with Crippen LogP contribution < -0.4 is 0 Å². The molecule has 23 heavy (non-hydrogen) atoms. The Morgan fingerprint density at radius 2 is 1.65 bits per heavy atom. The Bertz CT molecular complexity index is 527. The summed E-state index contributed by atoms with van der Waals surface area (Å²) in [6, 6.07) is 0. The lowest BCUT2D eigenvalue weighted by Crippen LogP contribution is -2.61. The van der Waals surface area contributed by atoms with Crippen LogP contribution in [0.3, 0.4) is 0 Å². The second kappa shape index (κ2) is 6.80. The molecule has 0 saturated heterocycles. The zero-order valence-corrected chi connectivity index (χ0v) is 11.6. The van der Waals surface area contributed by atoms with Crippen molar-refractivity contribution in [2.45, 2.75) is 36.1 Å². The SMILES string of the molecule is O=C([C@H](O)[C@@H](O)[C@H](O)[C@H](O)CO)C1(O)C(O)=CC(O)=C(O)C1O. The number of aliphatic hydroxyl groups excluding tert-OH is 9. The van der Waals surface area contributed by atoms with Crippen molar-refractivity contribution in [1.29, 1.82) is 0 Å². The minimum Gasteiger partial charge on any atom is -0.508 e. The van der Waals surface area contributed by atoms with Crippen LogP contribution in [0.5, 0.6) is 0 Å². The normalized spacial score (nSPS) is 30.4. The quantitative estimate of drug-likeness (QED) is 0.224. The van der Waals surface area contributed by atoms with Gasteiger partial charge in [0.1, 0.15) is 30.2 Å². The first kappa shape index (κ1) is 19.3. The van der Waals surface area contributed by atoms with Gasteiger partial charge in [-0.3, -0.25) is 4.79 Å². The molecule has 0 saturated carbocycles. The highest BCUT2D eigenvalue weighted by Crippen LogP contribution is 2.32. The van der Waals surface area contributed by atoms with E-state index in [1.54, 1.807) is 0 Å². The van der Waals surface area contributed by atoms with E-state index in [2.05, 4.69) is 0 Å². The Morgan fingerprint density at radius 3 is 2.13 bits per heavy atom. The zero-order chi connectivity index (χ0) is 18.1. The molecular weight excluding hydrogens is 320 g/mol. The van der Waals surface area contributed by atoms with Crippen molar-refractivity contribution >= 4 is 5.78 Å². The molecule has 11 nitrogen and oxygen atoms in total. The van der Waals surface area contributed by atoms with Crippen molar-refractivity contribution in [2.75, 3.05) is 6.61 Å². The van der Waals surface area contributed by atoms with Crippen LogP contribution in [0.4, 0.5) is 0 Å². The van der Waals surface area contributed by atoms with Crippen LogP contribution >= 0.6 is 0 Å². The number of rotatable bonds is 6. The molecule has 1 aliphatic carbocycles. The largest absolute Gasteiger partial charge is 0.508 e. The topological polar surface area (TPSA) is 219 Å². The average molecular weight is 338 g/mol. The number of aliphatic hydroxyl groups is 10. The molecule has 0 aromatic heterocycles. The van der Waals surface area contributed by atoms with E-state index in [0.717, 1.165) is 0 Å². The standard InChI is InChI=1S/C12H18O11/c13-2-4(15)6(17)8(19)9(20)11(22)12(23)5(16)1-3(14)7(18)10(12)21/h1,4,6,8-10,13-21,23H,2H2/t4-,6-,8+,9-,10?,12?/m1/s1. The van der Waals surface area contributed by atoms with Crippen LogP contribution in [0.25, 0.3) is 0 Å². The summed E-state index contributed by atoms with van der Waals surface area (Å²) in [7, 11) is 0. The van der Waals surface area contributed by atoms with Gasteiger partial charge >= 0.3 is 0 Å². The summed E-state index contributed by atoms with van der Waals surface area (Å²) < 4.78 is 0. The fourth-order valence-corrected chi connectivity index (χ4v) is 1.96. The van der Waals surface area contributed by atoms with Gasteiger partial charge in [0.05, 0.1) is 6.61 Å². The summed E-state index contributed by atoms with van der Waals surface area (Å²) >= 11 is 0. The summed E-state index contributed by atoms with van der Waals surface area (Å²) in [6.07, 6.45) is -11.4. The van der Waals surface area contributed by atoms with Crippen LogP contribution in [0.1, 0.15) is 0 Å². The lowest BCUT2D eigenvalue weighted by molar-refractivity contribution is -0.172. The molecule has 2 unspecified atom stereocenters.